The van der Waals surface area contributed by atoms with Crippen molar-refractivity contribution in [2.24, 2.45) is 5.92 Å². The molecule has 1 aliphatic heterocycles. The summed E-state index contributed by atoms with van der Waals surface area (Å²) in [4.78, 5) is 0. The summed E-state index contributed by atoms with van der Waals surface area (Å²) in [6, 6.07) is 0. The lowest BCUT2D eigenvalue weighted by Crippen LogP contribution is -2.38. The van der Waals surface area contributed by atoms with Crippen molar-refractivity contribution in [2.75, 3.05) is 13.7 Å². The van der Waals surface area contributed by atoms with E-state index >= 15 is 0 Å². The Morgan fingerprint density at radius 3 is 2.84 bits per heavy atom. The normalized spacial score (nSPS) is 29.5. The molecule has 0 spiro atoms. The van der Waals surface area contributed by atoms with Crippen molar-refractivity contribution in [3.8, 4) is 0 Å². The lowest BCUT2D eigenvalue weighted by molar-refractivity contribution is -0.0403. The van der Waals surface area contributed by atoms with Gasteiger partial charge in [-0.1, -0.05) is 50.6 Å². The van der Waals surface area contributed by atoms with Crippen LogP contribution in [0.3, 0.4) is 0 Å². The fraction of sp³-hybridized carbons (Fsp3) is 0.588. The maximum absolute atomic E-state index is 5.82. The van der Waals surface area contributed by atoms with Crippen LogP contribution < -0.4 is 0 Å². The molecular weight excluding hydrogens is 236 g/mol. The average Bonchev–Trinajstić information content (AvgIpc) is 2.43. The van der Waals surface area contributed by atoms with E-state index in [1.165, 1.54) is 12.0 Å². The molecule has 2 nitrogen and oxygen atoms in total. The van der Waals surface area contributed by atoms with Crippen LogP contribution in [0.4, 0.5) is 0 Å². The standard InChI is InChI=1S/C17H27O2/c1-5-6-7-8-9-10-11-14(2)17-12-16(18-4)15(3)13-19-17/h7-12,15-17H,5-6,13H2,1-4H3. The zero-order valence-corrected chi connectivity index (χ0v) is 12.6. The Hall–Kier alpha value is -0.860. The molecule has 1 saturated heterocycles. The Bertz CT molecular complexity index is 328. The Kier molecular flexibility index (Phi) is 7.76. The van der Waals surface area contributed by atoms with Gasteiger partial charge in [0.2, 0.25) is 0 Å². The van der Waals surface area contributed by atoms with Gasteiger partial charge in [0, 0.05) is 19.4 Å². The monoisotopic (exact) mass is 263 g/mol. The van der Waals surface area contributed by atoms with Gasteiger partial charge < -0.3 is 9.47 Å². The lowest BCUT2D eigenvalue weighted by atomic mass is 9.93. The highest BCUT2D eigenvalue weighted by atomic mass is 16.5. The summed E-state index contributed by atoms with van der Waals surface area (Å²) in [7, 11) is 1.76. The summed E-state index contributed by atoms with van der Waals surface area (Å²) < 4.78 is 11.3. The topological polar surface area (TPSA) is 18.5 Å². The number of hydrogen-bond acceptors (Lipinski definition) is 2. The number of ether oxygens (including phenoxy) is 2. The van der Waals surface area contributed by atoms with E-state index in [1.807, 2.05) is 0 Å². The van der Waals surface area contributed by atoms with Crippen LogP contribution in [0.1, 0.15) is 33.6 Å². The molecule has 1 heterocycles. The molecule has 0 saturated carbocycles. The molecule has 107 valence electrons. The van der Waals surface area contributed by atoms with Crippen molar-refractivity contribution < 1.29 is 9.47 Å². The Labute approximate surface area is 118 Å². The molecule has 3 unspecified atom stereocenters. The van der Waals surface area contributed by atoms with Crippen LogP contribution in [-0.2, 0) is 9.47 Å². The molecule has 0 aromatic carbocycles. The molecule has 0 aromatic heterocycles. The van der Waals surface area contributed by atoms with Crippen molar-refractivity contribution in [2.45, 2.75) is 45.8 Å². The van der Waals surface area contributed by atoms with E-state index in [9.17, 15) is 0 Å². The number of methoxy groups -OCH3 is 1. The van der Waals surface area contributed by atoms with Gasteiger partial charge in [-0.2, -0.15) is 0 Å². The number of hydrogen-bond donors (Lipinski definition) is 0. The lowest BCUT2D eigenvalue weighted by Gasteiger charge is -2.33. The van der Waals surface area contributed by atoms with E-state index in [0.717, 1.165) is 13.0 Å². The molecule has 0 N–H and O–H groups in total. The third-order valence-corrected chi connectivity index (χ3v) is 3.36. The summed E-state index contributed by atoms with van der Waals surface area (Å²) in [5, 5.41) is 0. The predicted octanol–water partition coefficient (Wildman–Crippen LogP) is 4.10. The van der Waals surface area contributed by atoms with E-state index in [-0.39, 0.29) is 12.2 Å². The summed E-state index contributed by atoms with van der Waals surface area (Å²) >= 11 is 0. The SMILES string of the molecule is CCCC=CC=CC=C(C)C1[CH]C(OC)C(C)CO1. The van der Waals surface area contributed by atoms with Crippen molar-refractivity contribution in [3.05, 3.63) is 42.4 Å². The first-order valence-corrected chi connectivity index (χ1v) is 7.18. The van der Waals surface area contributed by atoms with Gasteiger partial charge in [-0.3, -0.25) is 0 Å². The molecule has 0 aliphatic carbocycles. The Morgan fingerprint density at radius 1 is 1.37 bits per heavy atom. The highest BCUT2D eigenvalue weighted by Crippen LogP contribution is 2.24. The minimum Gasteiger partial charge on any atom is -0.381 e. The summed E-state index contributed by atoms with van der Waals surface area (Å²) in [5.74, 6) is 0.432. The fourth-order valence-electron chi connectivity index (χ4n) is 2.07. The van der Waals surface area contributed by atoms with E-state index in [2.05, 4.69) is 57.6 Å². The van der Waals surface area contributed by atoms with Gasteiger partial charge in [0.1, 0.15) is 0 Å². The van der Waals surface area contributed by atoms with Gasteiger partial charge in [0.05, 0.1) is 18.8 Å². The molecule has 3 atom stereocenters. The predicted molar refractivity (Wildman–Crippen MR) is 80.9 cm³/mol. The highest BCUT2D eigenvalue weighted by Gasteiger charge is 2.29. The minimum atomic E-state index is 0.0745. The number of rotatable bonds is 6. The van der Waals surface area contributed by atoms with Crippen molar-refractivity contribution >= 4 is 0 Å². The average molecular weight is 263 g/mol. The quantitative estimate of drug-likeness (QED) is 0.672. The highest BCUT2D eigenvalue weighted by molar-refractivity contribution is 5.21. The Morgan fingerprint density at radius 2 is 2.16 bits per heavy atom. The van der Waals surface area contributed by atoms with Crippen LogP contribution in [0.25, 0.3) is 0 Å². The maximum atomic E-state index is 5.82. The third kappa shape index (κ3) is 5.75. The van der Waals surface area contributed by atoms with Gasteiger partial charge in [0.25, 0.3) is 0 Å². The summed E-state index contributed by atoms with van der Waals surface area (Å²) in [6.07, 6.45) is 15.3. The zero-order chi connectivity index (χ0) is 14.1. The molecule has 1 radical (unpaired) electrons. The van der Waals surface area contributed by atoms with Gasteiger partial charge in [-0.25, -0.2) is 0 Å². The first-order valence-electron chi connectivity index (χ1n) is 7.18. The van der Waals surface area contributed by atoms with Crippen molar-refractivity contribution in [3.63, 3.8) is 0 Å². The first kappa shape index (κ1) is 16.2. The number of unbranched alkanes of at least 4 members (excludes halogenated alkanes) is 1. The summed E-state index contributed by atoms with van der Waals surface area (Å²) in [6.45, 7) is 7.19. The van der Waals surface area contributed by atoms with Crippen molar-refractivity contribution in [1.29, 1.82) is 0 Å². The van der Waals surface area contributed by atoms with E-state index < -0.39 is 0 Å². The Balaban J connectivity index is 2.46. The third-order valence-electron chi connectivity index (χ3n) is 3.36. The molecule has 2 heteroatoms. The molecular formula is C17H27O2. The second-order valence-corrected chi connectivity index (χ2v) is 5.14. The van der Waals surface area contributed by atoms with E-state index in [4.69, 9.17) is 9.47 Å². The van der Waals surface area contributed by atoms with Gasteiger partial charge in [0.15, 0.2) is 0 Å². The molecule has 0 bridgehead atoms. The van der Waals surface area contributed by atoms with Crippen LogP contribution in [0.5, 0.6) is 0 Å². The van der Waals surface area contributed by atoms with E-state index in [0.29, 0.717) is 5.92 Å². The smallest absolute Gasteiger partial charge is 0.0843 e. The second kappa shape index (κ2) is 9.11. The first-order chi connectivity index (χ1) is 9.19. The fourth-order valence-corrected chi connectivity index (χ4v) is 2.07. The maximum Gasteiger partial charge on any atom is 0.0843 e. The van der Waals surface area contributed by atoms with Gasteiger partial charge in [-0.05, 0) is 18.9 Å². The van der Waals surface area contributed by atoms with Crippen LogP contribution >= 0.6 is 0 Å². The summed E-state index contributed by atoms with van der Waals surface area (Å²) in [5.41, 5.74) is 1.22. The minimum absolute atomic E-state index is 0.0745. The molecule has 1 aliphatic rings. The molecule has 1 rings (SSSR count). The van der Waals surface area contributed by atoms with Crippen molar-refractivity contribution in [1.82, 2.24) is 0 Å². The molecule has 0 amide bonds. The van der Waals surface area contributed by atoms with E-state index in [1.54, 1.807) is 7.11 Å². The number of allylic oxidation sites excluding steroid dienone is 5. The van der Waals surface area contributed by atoms with Crippen LogP contribution in [-0.4, -0.2) is 25.9 Å². The van der Waals surface area contributed by atoms with Crippen LogP contribution in [0.15, 0.2) is 36.0 Å². The molecule has 19 heavy (non-hydrogen) atoms. The zero-order valence-electron chi connectivity index (χ0n) is 12.6. The molecule has 0 aromatic rings. The van der Waals surface area contributed by atoms with Gasteiger partial charge >= 0.3 is 0 Å². The van der Waals surface area contributed by atoms with Crippen LogP contribution in [0, 0.1) is 12.3 Å². The van der Waals surface area contributed by atoms with Gasteiger partial charge in [-0.15, -0.1) is 0 Å². The molecule has 1 fully saturated rings. The second-order valence-electron chi connectivity index (χ2n) is 5.14. The largest absolute Gasteiger partial charge is 0.381 e. The van der Waals surface area contributed by atoms with Crippen LogP contribution in [0.2, 0.25) is 0 Å².